The Kier molecular flexibility index (Phi) is 4.99. The van der Waals surface area contributed by atoms with E-state index >= 15 is 0 Å². The number of para-hydroxylation sites is 1. The average Bonchev–Trinajstić information content (AvgIpc) is 2.61. The topological polar surface area (TPSA) is 38.3 Å². The maximum atomic E-state index is 12.7. The van der Waals surface area contributed by atoms with E-state index in [4.69, 9.17) is 4.74 Å². The first-order valence-electron chi connectivity index (χ1n) is 8.91. The third kappa shape index (κ3) is 3.88. The zero-order chi connectivity index (χ0) is 18.7. The molecule has 0 aliphatic carbocycles. The summed E-state index contributed by atoms with van der Waals surface area (Å²) in [5.41, 5.74) is 1.83. The molecule has 0 aliphatic heterocycles. The average molecular weight is 347 g/mol. The molecule has 0 aliphatic rings. The first kappa shape index (κ1) is 18.0. The summed E-state index contributed by atoms with van der Waals surface area (Å²) in [4.78, 5) is 12.7. The molecule has 0 fully saturated rings. The lowest BCUT2D eigenvalue weighted by atomic mass is 9.86. The lowest BCUT2D eigenvalue weighted by Gasteiger charge is -2.24. The van der Waals surface area contributed by atoms with E-state index in [1.165, 1.54) is 0 Å². The highest BCUT2D eigenvalue weighted by molar-refractivity contribution is 6.03. The first-order chi connectivity index (χ1) is 12.4. The van der Waals surface area contributed by atoms with Crippen LogP contribution in [0.4, 0.5) is 5.69 Å². The summed E-state index contributed by atoms with van der Waals surface area (Å²) >= 11 is 0. The summed E-state index contributed by atoms with van der Waals surface area (Å²) in [6, 6.07) is 21.8. The monoisotopic (exact) mass is 347 g/mol. The molecule has 1 unspecified atom stereocenters. The predicted molar refractivity (Wildman–Crippen MR) is 108 cm³/mol. The molecule has 26 heavy (non-hydrogen) atoms. The molecule has 3 aromatic carbocycles. The Morgan fingerprint density at radius 2 is 1.58 bits per heavy atom. The number of rotatable bonds is 4. The van der Waals surface area contributed by atoms with Gasteiger partial charge in [-0.05, 0) is 35.4 Å². The molecule has 0 saturated heterocycles. The van der Waals surface area contributed by atoms with Crippen LogP contribution in [-0.2, 0) is 10.2 Å². The molecule has 0 bridgehead atoms. The summed E-state index contributed by atoms with van der Waals surface area (Å²) in [7, 11) is 0. The molecule has 0 heterocycles. The van der Waals surface area contributed by atoms with Gasteiger partial charge in [0.25, 0.3) is 5.91 Å². The zero-order valence-corrected chi connectivity index (χ0v) is 15.7. The maximum absolute atomic E-state index is 12.7. The Morgan fingerprint density at radius 3 is 2.35 bits per heavy atom. The minimum absolute atomic E-state index is 0.0532. The zero-order valence-electron chi connectivity index (χ0n) is 15.7. The number of nitrogens with one attached hydrogen (secondary N) is 1. The summed E-state index contributed by atoms with van der Waals surface area (Å²) < 4.78 is 6.01. The van der Waals surface area contributed by atoms with Gasteiger partial charge in [0, 0.05) is 11.1 Å². The van der Waals surface area contributed by atoms with Crippen LogP contribution in [0.3, 0.4) is 0 Å². The molecule has 134 valence electrons. The Balaban J connectivity index is 1.79. The van der Waals surface area contributed by atoms with Gasteiger partial charge in [0.15, 0.2) is 6.10 Å². The van der Waals surface area contributed by atoms with Crippen molar-refractivity contribution in [1.29, 1.82) is 0 Å². The number of benzene rings is 3. The highest BCUT2D eigenvalue weighted by Crippen LogP contribution is 2.31. The summed E-state index contributed by atoms with van der Waals surface area (Å²) in [5, 5.41) is 5.11. The molecule has 3 nitrogen and oxygen atoms in total. The van der Waals surface area contributed by atoms with Crippen molar-refractivity contribution in [3.8, 4) is 5.75 Å². The van der Waals surface area contributed by atoms with Gasteiger partial charge in [-0.3, -0.25) is 4.79 Å². The standard InChI is InChI=1S/C23H25NO2/c1-16(26-21-15-8-7-13-19(21)23(2,3)4)22(25)24-20-14-9-11-17-10-5-6-12-18(17)20/h5-16H,1-4H3,(H,24,25). The fraction of sp³-hybridized carbons (Fsp3) is 0.261. The van der Waals surface area contributed by atoms with Crippen molar-refractivity contribution in [2.75, 3.05) is 5.32 Å². The van der Waals surface area contributed by atoms with Crippen LogP contribution in [0.25, 0.3) is 10.8 Å². The van der Waals surface area contributed by atoms with Crippen LogP contribution in [0.5, 0.6) is 5.75 Å². The van der Waals surface area contributed by atoms with Crippen molar-refractivity contribution in [2.45, 2.75) is 39.2 Å². The number of carbonyl (C=O) groups excluding carboxylic acids is 1. The first-order valence-corrected chi connectivity index (χ1v) is 8.91. The lowest BCUT2D eigenvalue weighted by Crippen LogP contribution is -2.31. The smallest absolute Gasteiger partial charge is 0.265 e. The third-order valence-corrected chi connectivity index (χ3v) is 4.42. The fourth-order valence-corrected chi connectivity index (χ4v) is 3.00. The predicted octanol–water partition coefficient (Wildman–Crippen LogP) is 5.54. The maximum Gasteiger partial charge on any atom is 0.265 e. The van der Waals surface area contributed by atoms with E-state index in [9.17, 15) is 4.79 Å². The molecule has 1 N–H and O–H groups in total. The van der Waals surface area contributed by atoms with Crippen molar-refractivity contribution >= 4 is 22.4 Å². The number of anilines is 1. The van der Waals surface area contributed by atoms with Gasteiger partial charge >= 0.3 is 0 Å². The molecule has 3 heteroatoms. The molecule has 3 rings (SSSR count). The highest BCUT2D eigenvalue weighted by atomic mass is 16.5. The summed E-state index contributed by atoms with van der Waals surface area (Å²) in [5.74, 6) is 0.589. The second-order valence-electron chi connectivity index (χ2n) is 7.52. The SMILES string of the molecule is CC(Oc1ccccc1C(C)(C)C)C(=O)Nc1cccc2ccccc12. The van der Waals surface area contributed by atoms with Gasteiger partial charge in [-0.2, -0.15) is 0 Å². The highest BCUT2D eigenvalue weighted by Gasteiger charge is 2.22. The molecule has 0 radical (unpaired) electrons. The molecular weight excluding hydrogens is 322 g/mol. The van der Waals surface area contributed by atoms with Crippen LogP contribution in [0.15, 0.2) is 66.7 Å². The van der Waals surface area contributed by atoms with Gasteiger partial charge in [-0.25, -0.2) is 0 Å². The normalized spacial score (nSPS) is 12.6. The minimum atomic E-state index is -0.600. The molecule has 0 saturated carbocycles. The van der Waals surface area contributed by atoms with Crippen molar-refractivity contribution in [3.05, 3.63) is 72.3 Å². The van der Waals surface area contributed by atoms with E-state index in [-0.39, 0.29) is 11.3 Å². The summed E-state index contributed by atoms with van der Waals surface area (Å²) in [6.45, 7) is 8.18. The molecule has 0 spiro atoms. The third-order valence-electron chi connectivity index (χ3n) is 4.42. The van der Waals surface area contributed by atoms with Crippen molar-refractivity contribution in [3.63, 3.8) is 0 Å². The molecule has 1 atom stereocenters. The number of carbonyl (C=O) groups is 1. The van der Waals surface area contributed by atoms with Crippen LogP contribution < -0.4 is 10.1 Å². The van der Waals surface area contributed by atoms with E-state index in [2.05, 4.69) is 26.1 Å². The quantitative estimate of drug-likeness (QED) is 0.672. The van der Waals surface area contributed by atoms with E-state index in [1.54, 1.807) is 6.92 Å². The number of ether oxygens (including phenoxy) is 1. The number of amides is 1. The van der Waals surface area contributed by atoms with E-state index in [1.807, 2.05) is 66.7 Å². The van der Waals surface area contributed by atoms with E-state index in [0.717, 1.165) is 27.8 Å². The number of hydrogen-bond donors (Lipinski definition) is 1. The Labute approximate surface area is 155 Å². The molecule has 1 amide bonds. The van der Waals surface area contributed by atoms with Gasteiger partial charge in [0.05, 0.1) is 0 Å². The van der Waals surface area contributed by atoms with Crippen molar-refractivity contribution in [1.82, 2.24) is 0 Å². The second kappa shape index (κ2) is 7.20. The van der Waals surface area contributed by atoms with Crippen LogP contribution in [0.2, 0.25) is 0 Å². The number of fused-ring (bicyclic) bond motifs is 1. The Bertz CT molecular complexity index is 919. The van der Waals surface area contributed by atoms with Gasteiger partial charge in [-0.1, -0.05) is 75.4 Å². The summed E-state index contributed by atoms with van der Waals surface area (Å²) in [6.07, 6.45) is -0.600. The second-order valence-corrected chi connectivity index (χ2v) is 7.52. The van der Waals surface area contributed by atoms with E-state index < -0.39 is 6.10 Å². The van der Waals surface area contributed by atoms with Gasteiger partial charge < -0.3 is 10.1 Å². The van der Waals surface area contributed by atoms with Crippen LogP contribution >= 0.6 is 0 Å². The minimum Gasteiger partial charge on any atom is -0.481 e. The van der Waals surface area contributed by atoms with Gasteiger partial charge in [0.2, 0.25) is 0 Å². The van der Waals surface area contributed by atoms with Gasteiger partial charge in [-0.15, -0.1) is 0 Å². The van der Waals surface area contributed by atoms with Crippen molar-refractivity contribution in [2.24, 2.45) is 0 Å². The van der Waals surface area contributed by atoms with Crippen LogP contribution in [0.1, 0.15) is 33.3 Å². The molecular formula is C23H25NO2. The van der Waals surface area contributed by atoms with Crippen LogP contribution in [0, 0.1) is 0 Å². The van der Waals surface area contributed by atoms with Crippen molar-refractivity contribution < 1.29 is 9.53 Å². The lowest BCUT2D eigenvalue weighted by molar-refractivity contribution is -0.122. The van der Waals surface area contributed by atoms with E-state index in [0.29, 0.717) is 0 Å². The Morgan fingerprint density at radius 1 is 0.923 bits per heavy atom. The number of hydrogen-bond acceptors (Lipinski definition) is 2. The van der Waals surface area contributed by atoms with Crippen LogP contribution in [-0.4, -0.2) is 12.0 Å². The fourth-order valence-electron chi connectivity index (χ4n) is 3.00. The molecule has 3 aromatic rings. The molecule has 0 aromatic heterocycles. The van der Waals surface area contributed by atoms with Gasteiger partial charge in [0.1, 0.15) is 5.75 Å². The largest absolute Gasteiger partial charge is 0.481 e. The Hall–Kier alpha value is -2.81.